The lowest BCUT2D eigenvalue weighted by Crippen LogP contribution is -2.62. The van der Waals surface area contributed by atoms with Crippen molar-refractivity contribution in [3.05, 3.63) is 175 Å². The predicted octanol–water partition coefficient (Wildman–Crippen LogP) is 12.5. The molecule has 0 fully saturated rings. The molecule has 4 aliphatic heterocycles. The SMILES string of the molecule is CC1(C)c2ccccc2Oc2cc3c(cc21)N(c1ccc(-c2ccccc2)cc1)B1c2cccc4c2N(c2ccccc2O4)c2c1c-3cc1c2oc2ccccc21. The summed E-state index contributed by atoms with van der Waals surface area (Å²) in [5.41, 5.74) is 16.1. The fourth-order valence-corrected chi connectivity index (χ4v) is 10.0. The minimum Gasteiger partial charge on any atom is -0.457 e. The zero-order chi connectivity index (χ0) is 37.6. The van der Waals surface area contributed by atoms with Crippen LogP contribution in [0.3, 0.4) is 0 Å². The lowest BCUT2D eigenvalue weighted by atomic mass is 9.43. The fraction of sp³-hybridized carbons (Fsp3) is 0.0588. The van der Waals surface area contributed by atoms with Crippen molar-refractivity contribution < 1.29 is 13.9 Å². The van der Waals surface area contributed by atoms with Crippen LogP contribution in [0.15, 0.2) is 168 Å². The second-order valence-corrected chi connectivity index (χ2v) is 16.0. The quantitative estimate of drug-likeness (QED) is 0.166. The van der Waals surface area contributed by atoms with E-state index in [0.29, 0.717) is 0 Å². The fourth-order valence-electron chi connectivity index (χ4n) is 10.0. The molecule has 0 saturated carbocycles. The Kier molecular flexibility index (Phi) is 5.99. The van der Waals surface area contributed by atoms with Gasteiger partial charge in [0.05, 0.1) is 17.1 Å². The van der Waals surface area contributed by atoms with Crippen molar-refractivity contribution >= 4 is 68.1 Å². The number of benzene rings is 8. The zero-order valence-electron chi connectivity index (χ0n) is 31.3. The molecule has 0 bridgehead atoms. The highest BCUT2D eigenvalue weighted by Gasteiger charge is 2.50. The van der Waals surface area contributed by atoms with E-state index in [1.807, 2.05) is 6.07 Å². The molecule has 0 N–H and O–H groups in total. The van der Waals surface area contributed by atoms with Gasteiger partial charge in [-0.25, -0.2) is 0 Å². The Bertz CT molecular complexity index is 3190. The van der Waals surface area contributed by atoms with Crippen LogP contribution in [0.2, 0.25) is 0 Å². The molecule has 0 saturated heterocycles. The predicted molar refractivity (Wildman–Crippen MR) is 232 cm³/mol. The van der Waals surface area contributed by atoms with Gasteiger partial charge in [-0.2, -0.15) is 0 Å². The molecule has 0 unspecified atom stereocenters. The zero-order valence-corrected chi connectivity index (χ0v) is 31.3. The van der Waals surface area contributed by atoms with E-state index in [1.165, 1.54) is 33.2 Å². The minimum atomic E-state index is -0.301. The molecule has 4 aliphatic rings. The molecule has 5 nitrogen and oxygen atoms in total. The number of para-hydroxylation sites is 5. The summed E-state index contributed by atoms with van der Waals surface area (Å²) in [5.74, 6) is 3.43. The van der Waals surface area contributed by atoms with Crippen LogP contribution in [0.25, 0.3) is 44.2 Å². The molecular formula is C51H33BN2O3. The normalized spacial score (nSPS) is 14.8. The van der Waals surface area contributed by atoms with Crippen LogP contribution in [0, 0.1) is 0 Å². The van der Waals surface area contributed by atoms with Crippen LogP contribution in [0.4, 0.5) is 28.4 Å². The van der Waals surface area contributed by atoms with Crippen LogP contribution in [-0.4, -0.2) is 6.85 Å². The largest absolute Gasteiger partial charge is 0.457 e. The highest BCUT2D eigenvalue weighted by Crippen LogP contribution is 2.58. The van der Waals surface area contributed by atoms with E-state index < -0.39 is 0 Å². The molecule has 13 rings (SSSR count). The second-order valence-electron chi connectivity index (χ2n) is 16.0. The minimum absolute atomic E-state index is 0.208. The maximum absolute atomic E-state index is 6.97. The summed E-state index contributed by atoms with van der Waals surface area (Å²) in [5, 5.41) is 2.17. The molecule has 0 aliphatic carbocycles. The van der Waals surface area contributed by atoms with Crippen LogP contribution in [0.1, 0.15) is 25.0 Å². The highest BCUT2D eigenvalue weighted by molar-refractivity contribution is 6.94. The molecule has 5 heterocycles. The summed E-state index contributed by atoms with van der Waals surface area (Å²) in [6, 6.07) is 58.4. The molecule has 8 aromatic carbocycles. The van der Waals surface area contributed by atoms with E-state index in [4.69, 9.17) is 13.9 Å². The second kappa shape index (κ2) is 11.0. The molecule has 0 atom stereocenters. The highest BCUT2D eigenvalue weighted by atomic mass is 16.5. The Morgan fingerprint density at radius 3 is 2.11 bits per heavy atom. The molecule has 1 aromatic heterocycles. The van der Waals surface area contributed by atoms with Gasteiger partial charge in [0.2, 0.25) is 0 Å². The van der Waals surface area contributed by atoms with E-state index in [-0.39, 0.29) is 12.3 Å². The van der Waals surface area contributed by atoms with Crippen molar-refractivity contribution in [2.45, 2.75) is 19.3 Å². The summed E-state index contributed by atoms with van der Waals surface area (Å²) in [6.07, 6.45) is 0. The maximum atomic E-state index is 6.97. The van der Waals surface area contributed by atoms with Crippen molar-refractivity contribution in [3.8, 4) is 45.3 Å². The van der Waals surface area contributed by atoms with Gasteiger partial charge in [0.15, 0.2) is 17.1 Å². The average Bonchev–Trinajstić information content (AvgIpc) is 3.63. The van der Waals surface area contributed by atoms with Crippen LogP contribution < -0.4 is 30.1 Å². The molecule has 0 spiro atoms. The van der Waals surface area contributed by atoms with E-state index in [2.05, 4.69) is 181 Å². The first-order chi connectivity index (χ1) is 28.0. The first-order valence-electron chi connectivity index (χ1n) is 19.6. The summed E-state index contributed by atoms with van der Waals surface area (Å²) in [4.78, 5) is 4.95. The molecule has 0 radical (unpaired) electrons. The van der Waals surface area contributed by atoms with Crippen LogP contribution >= 0.6 is 0 Å². The topological polar surface area (TPSA) is 38.1 Å². The van der Waals surface area contributed by atoms with E-state index in [9.17, 15) is 0 Å². The first kappa shape index (κ1) is 31.1. The van der Waals surface area contributed by atoms with Gasteiger partial charge >= 0.3 is 6.85 Å². The Labute approximate surface area is 330 Å². The molecule has 9 aromatic rings. The summed E-state index contributed by atoms with van der Waals surface area (Å²) in [6.45, 7) is 4.42. The molecular weight excluding hydrogens is 699 g/mol. The van der Waals surface area contributed by atoms with Crippen LogP contribution in [0.5, 0.6) is 23.0 Å². The Morgan fingerprint density at radius 2 is 1.23 bits per heavy atom. The number of anilines is 5. The average molecular weight is 733 g/mol. The first-order valence-corrected chi connectivity index (χ1v) is 19.6. The summed E-state index contributed by atoms with van der Waals surface area (Å²) >= 11 is 0. The van der Waals surface area contributed by atoms with Gasteiger partial charge in [-0.3, -0.25) is 0 Å². The van der Waals surface area contributed by atoms with Crippen molar-refractivity contribution in [1.29, 1.82) is 0 Å². The Morgan fingerprint density at radius 1 is 0.509 bits per heavy atom. The van der Waals surface area contributed by atoms with Crippen molar-refractivity contribution in [3.63, 3.8) is 0 Å². The Hall–Kier alpha value is -7.18. The van der Waals surface area contributed by atoms with Crippen molar-refractivity contribution in [2.24, 2.45) is 0 Å². The number of hydrogen-bond acceptors (Lipinski definition) is 5. The number of rotatable bonds is 2. The monoisotopic (exact) mass is 732 g/mol. The lowest BCUT2D eigenvalue weighted by molar-refractivity contribution is 0.418. The van der Waals surface area contributed by atoms with Gasteiger partial charge in [-0.05, 0) is 88.3 Å². The number of fused-ring (bicyclic) bond motifs is 12. The van der Waals surface area contributed by atoms with Crippen molar-refractivity contribution in [1.82, 2.24) is 0 Å². The maximum Gasteiger partial charge on any atom is 0.333 e. The van der Waals surface area contributed by atoms with Crippen molar-refractivity contribution in [2.75, 3.05) is 9.71 Å². The standard InChI is InChI=1S/C51H33BN2O3/c1-51(2)37-16-7-10-20-43(37)55-46-28-34-35-27-36-33-15-6-9-19-42(33)57-50(36)49-47(35)52(39-17-12-22-45-48(39)53(49)40-18-8-11-21-44(40)56-45)54(41(34)29-38(46)51)32-25-23-31(24-26-32)30-13-4-3-5-14-30/h3-29H,1-2H3. The summed E-state index contributed by atoms with van der Waals surface area (Å²) < 4.78 is 20.6. The van der Waals surface area contributed by atoms with Gasteiger partial charge in [0.1, 0.15) is 17.1 Å². The third-order valence-electron chi connectivity index (χ3n) is 12.7. The number of nitrogens with zero attached hydrogens (tertiary/aromatic N) is 2. The third kappa shape index (κ3) is 4.09. The summed E-state index contributed by atoms with van der Waals surface area (Å²) in [7, 11) is 0. The molecule has 0 amide bonds. The number of hydrogen-bond donors (Lipinski definition) is 0. The molecule has 268 valence electrons. The smallest absolute Gasteiger partial charge is 0.333 e. The van der Waals surface area contributed by atoms with Gasteiger partial charge in [-0.1, -0.05) is 117 Å². The van der Waals surface area contributed by atoms with Gasteiger partial charge in [0.25, 0.3) is 0 Å². The van der Waals surface area contributed by atoms with Gasteiger partial charge in [0, 0.05) is 44.3 Å². The van der Waals surface area contributed by atoms with Gasteiger partial charge < -0.3 is 23.6 Å². The van der Waals surface area contributed by atoms with Crippen LogP contribution in [-0.2, 0) is 5.41 Å². The van der Waals surface area contributed by atoms with E-state index >= 15 is 0 Å². The molecule has 57 heavy (non-hydrogen) atoms. The van der Waals surface area contributed by atoms with E-state index in [1.54, 1.807) is 0 Å². The number of ether oxygens (including phenoxy) is 2. The Balaban J connectivity index is 1.17. The third-order valence-corrected chi connectivity index (χ3v) is 12.7. The molecule has 6 heteroatoms. The van der Waals surface area contributed by atoms with Gasteiger partial charge in [-0.15, -0.1) is 0 Å². The van der Waals surface area contributed by atoms with E-state index in [0.717, 1.165) is 84.5 Å². The lowest BCUT2D eigenvalue weighted by Gasteiger charge is -2.47. The number of furan rings is 1.